The first kappa shape index (κ1) is 14.6. The van der Waals surface area contributed by atoms with Crippen molar-refractivity contribution in [3.63, 3.8) is 0 Å². The van der Waals surface area contributed by atoms with Gasteiger partial charge in [0.2, 0.25) is 5.91 Å². The van der Waals surface area contributed by atoms with Gasteiger partial charge in [0.15, 0.2) is 0 Å². The molecule has 0 spiro atoms. The van der Waals surface area contributed by atoms with Crippen molar-refractivity contribution < 1.29 is 4.79 Å². The number of rotatable bonds is 8. The van der Waals surface area contributed by atoms with E-state index in [1.165, 1.54) is 0 Å². The predicted molar refractivity (Wildman–Crippen MR) is 77.3 cm³/mol. The topological polar surface area (TPSA) is 41.1 Å². The van der Waals surface area contributed by atoms with E-state index in [0.29, 0.717) is 13.1 Å². The highest BCUT2D eigenvalue weighted by Gasteiger charge is 1.99. The molecule has 0 aliphatic rings. The van der Waals surface area contributed by atoms with Crippen molar-refractivity contribution in [2.45, 2.75) is 6.54 Å². The van der Waals surface area contributed by atoms with Gasteiger partial charge in [-0.25, -0.2) is 0 Å². The Morgan fingerprint density at radius 1 is 1.33 bits per heavy atom. The van der Waals surface area contributed by atoms with Crippen LogP contribution < -0.4 is 10.6 Å². The summed E-state index contributed by atoms with van der Waals surface area (Å²) in [6.07, 6.45) is 5.13. The van der Waals surface area contributed by atoms with E-state index in [-0.39, 0.29) is 5.91 Å². The summed E-state index contributed by atoms with van der Waals surface area (Å²) >= 11 is 1.68. The lowest BCUT2D eigenvalue weighted by molar-refractivity contribution is -0.120. The van der Waals surface area contributed by atoms with E-state index >= 15 is 0 Å². The van der Waals surface area contributed by atoms with Gasteiger partial charge in [-0.15, -0.1) is 18.2 Å². The smallest absolute Gasteiger partial charge is 0.234 e. The van der Waals surface area contributed by atoms with E-state index in [2.05, 4.69) is 16.6 Å². The summed E-state index contributed by atoms with van der Waals surface area (Å²) in [6.45, 7) is 1.72. The fourth-order valence-electron chi connectivity index (χ4n) is 1.34. The average Bonchev–Trinajstić information content (AvgIpc) is 2.41. The van der Waals surface area contributed by atoms with Gasteiger partial charge in [-0.2, -0.15) is 0 Å². The van der Waals surface area contributed by atoms with Crippen molar-refractivity contribution in [3.05, 3.63) is 35.9 Å². The number of hydrogen-bond acceptors (Lipinski definition) is 3. The molecule has 4 heteroatoms. The number of thioether (sulfide) groups is 1. The zero-order valence-corrected chi connectivity index (χ0v) is 11.1. The Morgan fingerprint density at radius 3 is 2.83 bits per heavy atom. The van der Waals surface area contributed by atoms with Crippen molar-refractivity contribution in [3.8, 4) is 12.3 Å². The van der Waals surface area contributed by atoms with Gasteiger partial charge in [0.1, 0.15) is 0 Å². The maximum absolute atomic E-state index is 11.5. The Labute approximate surface area is 113 Å². The standard InChI is InChI=1S/C14H18N2OS/c1-2-9-18-10-8-15-12-14(17)16-11-13-6-4-3-5-7-13/h1,3-7,15H,8-12H2,(H,16,17). The molecular weight excluding hydrogens is 244 g/mol. The molecule has 0 fully saturated rings. The molecule has 0 heterocycles. The van der Waals surface area contributed by atoms with Crippen LogP contribution in [-0.4, -0.2) is 30.5 Å². The van der Waals surface area contributed by atoms with Gasteiger partial charge in [0, 0.05) is 18.8 Å². The third kappa shape index (κ3) is 7.00. The number of hydrogen-bond donors (Lipinski definition) is 2. The van der Waals surface area contributed by atoms with Crippen LogP contribution in [-0.2, 0) is 11.3 Å². The van der Waals surface area contributed by atoms with Gasteiger partial charge in [-0.1, -0.05) is 36.3 Å². The van der Waals surface area contributed by atoms with Crippen molar-refractivity contribution in [1.82, 2.24) is 10.6 Å². The van der Waals surface area contributed by atoms with Crippen molar-refractivity contribution >= 4 is 17.7 Å². The van der Waals surface area contributed by atoms with Gasteiger partial charge < -0.3 is 10.6 Å². The van der Waals surface area contributed by atoms with E-state index in [9.17, 15) is 4.79 Å². The summed E-state index contributed by atoms with van der Waals surface area (Å²) in [5.41, 5.74) is 1.11. The average molecular weight is 262 g/mol. The third-order valence-corrected chi connectivity index (χ3v) is 3.09. The Morgan fingerprint density at radius 2 is 2.11 bits per heavy atom. The van der Waals surface area contributed by atoms with Crippen LogP contribution in [0.4, 0.5) is 0 Å². The third-order valence-electron chi connectivity index (χ3n) is 2.23. The van der Waals surface area contributed by atoms with Gasteiger partial charge in [0.25, 0.3) is 0 Å². The lowest BCUT2D eigenvalue weighted by Gasteiger charge is -2.06. The number of amides is 1. The number of carbonyl (C=O) groups excluding carboxylic acids is 1. The van der Waals surface area contributed by atoms with Crippen LogP contribution in [0.5, 0.6) is 0 Å². The zero-order valence-electron chi connectivity index (χ0n) is 10.3. The molecule has 0 aromatic heterocycles. The van der Waals surface area contributed by atoms with Crippen LogP contribution in [0.1, 0.15) is 5.56 Å². The second-order valence-electron chi connectivity index (χ2n) is 3.70. The van der Waals surface area contributed by atoms with Crippen LogP contribution in [0.2, 0.25) is 0 Å². The SMILES string of the molecule is C#CCSCCNCC(=O)NCc1ccccc1. The predicted octanol–water partition coefficient (Wildman–Crippen LogP) is 1.26. The van der Waals surface area contributed by atoms with Gasteiger partial charge in [-0.3, -0.25) is 4.79 Å². The van der Waals surface area contributed by atoms with Crippen molar-refractivity contribution in [2.75, 3.05) is 24.6 Å². The van der Waals surface area contributed by atoms with Crippen LogP contribution >= 0.6 is 11.8 Å². The molecule has 0 atom stereocenters. The van der Waals surface area contributed by atoms with Crippen LogP contribution in [0.15, 0.2) is 30.3 Å². The van der Waals surface area contributed by atoms with E-state index in [1.807, 2.05) is 30.3 Å². The highest BCUT2D eigenvalue weighted by atomic mass is 32.2. The molecule has 0 saturated carbocycles. The van der Waals surface area contributed by atoms with Gasteiger partial charge in [0.05, 0.1) is 12.3 Å². The molecule has 0 unspecified atom stereocenters. The quantitative estimate of drug-likeness (QED) is 0.547. The van der Waals surface area contributed by atoms with Crippen LogP contribution in [0.25, 0.3) is 0 Å². The summed E-state index contributed by atoms with van der Waals surface area (Å²) in [5, 5.41) is 5.94. The lowest BCUT2D eigenvalue weighted by atomic mass is 10.2. The molecular formula is C14H18N2OS. The molecule has 1 aromatic carbocycles. The molecule has 0 saturated heterocycles. The number of carbonyl (C=O) groups is 1. The molecule has 1 aromatic rings. The Bertz CT molecular complexity index is 387. The van der Waals surface area contributed by atoms with Gasteiger partial charge in [-0.05, 0) is 5.56 Å². The largest absolute Gasteiger partial charge is 0.351 e. The van der Waals surface area contributed by atoms with Crippen molar-refractivity contribution in [1.29, 1.82) is 0 Å². The van der Waals surface area contributed by atoms with E-state index in [1.54, 1.807) is 11.8 Å². The molecule has 2 N–H and O–H groups in total. The molecule has 1 amide bonds. The number of benzene rings is 1. The van der Waals surface area contributed by atoms with Crippen molar-refractivity contribution in [2.24, 2.45) is 0 Å². The molecule has 0 aliphatic heterocycles. The minimum Gasteiger partial charge on any atom is -0.351 e. The molecule has 96 valence electrons. The van der Waals surface area contributed by atoms with Gasteiger partial charge >= 0.3 is 0 Å². The monoisotopic (exact) mass is 262 g/mol. The highest BCUT2D eigenvalue weighted by molar-refractivity contribution is 7.99. The minimum atomic E-state index is 0.0146. The summed E-state index contributed by atoms with van der Waals surface area (Å²) in [5.74, 6) is 4.23. The first-order valence-corrected chi connectivity index (χ1v) is 7.01. The summed E-state index contributed by atoms with van der Waals surface area (Å²) in [7, 11) is 0. The summed E-state index contributed by atoms with van der Waals surface area (Å²) in [6, 6.07) is 9.86. The summed E-state index contributed by atoms with van der Waals surface area (Å²) in [4.78, 5) is 11.5. The van der Waals surface area contributed by atoms with E-state index in [0.717, 1.165) is 23.6 Å². The fraction of sp³-hybridized carbons (Fsp3) is 0.357. The minimum absolute atomic E-state index is 0.0146. The molecule has 0 bridgehead atoms. The molecule has 0 aliphatic carbocycles. The highest BCUT2D eigenvalue weighted by Crippen LogP contribution is 1.97. The Hall–Kier alpha value is -1.44. The second kappa shape index (κ2) is 9.58. The molecule has 3 nitrogen and oxygen atoms in total. The molecule has 0 radical (unpaired) electrons. The Kier molecular flexibility index (Phi) is 7.78. The number of nitrogens with one attached hydrogen (secondary N) is 2. The lowest BCUT2D eigenvalue weighted by Crippen LogP contribution is -2.34. The first-order valence-electron chi connectivity index (χ1n) is 5.85. The normalized spacial score (nSPS) is 9.72. The van der Waals surface area contributed by atoms with Crippen LogP contribution in [0.3, 0.4) is 0 Å². The zero-order chi connectivity index (χ0) is 13.1. The van der Waals surface area contributed by atoms with Crippen LogP contribution in [0, 0.1) is 12.3 Å². The fourth-order valence-corrected chi connectivity index (χ4v) is 1.89. The van der Waals surface area contributed by atoms with E-state index < -0.39 is 0 Å². The number of terminal acetylenes is 1. The second-order valence-corrected chi connectivity index (χ2v) is 4.80. The molecule has 1 rings (SSSR count). The molecule has 18 heavy (non-hydrogen) atoms. The van der Waals surface area contributed by atoms with E-state index in [4.69, 9.17) is 6.42 Å². The maximum atomic E-state index is 11.5. The summed E-state index contributed by atoms with van der Waals surface area (Å²) < 4.78 is 0. The maximum Gasteiger partial charge on any atom is 0.234 e. The first-order chi connectivity index (χ1) is 8.83. The Balaban J connectivity index is 2.03.